The highest BCUT2D eigenvalue weighted by Gasteiger charge is 2.18. The number of benzene rings is 3. The number of amides is 1. The Balaban J connectivity index is 1.65. The first-order chi connectivity index (χ1) is 14.3. The fourth-order valence-corrected chi connectivity index (χ4v) is 3.60. The largest absolute Gasteiger partial charge is 0.435 e. The lowest BCUT2D eigenvalue weighted by Crippen LogP contribution is -2.14. The van der Waals surface area contributed by atoms with Crippen LogP contribution in [-0.2, 0) is 0 Å². The minimum atomic E-state index is -0.517. The lowest BCUT2D eigenvalue weighted by Gasteiger charge is -2.08. The van der Waals surface area contributed by atoms with Crippen LogP contribution in [-0.4, -0.2) is 15.8 Å². The molecule has 0 bridgehead atoms. The van der Waals surface area contributed by atoms with Gasteiger partial charge in [0.25, 0.3) is 11.6 Å². The van der Waals surface area contributed by atoms with Crippen LogP contribution < -0.4 is 5.32 Å². The number of fused-ring (bicyclic) bond motifs is 1. The molecule has 1 heterocycles. The standard InChI is InChI=1S/C21H13Cl2N3O4/c1-11-15(6-3-7-18(11)26(28)29)20(27)24-14-5-2-4-12(8-14)21-25-17-10-13(22)9-16(23)19(17)30-21/h2-10H,1H3,(H,24,27). The van der Waals surface area contributed by atoms with E-state index in [4.69, 9.17) is 27.6 Å². The third-order valence-corrected chi connectivity index (χ3v) is 5.02. The first-order valence-electron chi connectivity index (χ1n) is 8.75. The number of nitro groups is 1. The fourth-order valence-electron chi connectivity index (χ4n) is 3.08. The molecule has 0 saturated heterocycles. The molecule has 7 nitrogen and oxygen atoms in total. The quantitative estimate of drug-likeness (QED) is 0.297. The Bertz CT molecular complexity index is 1320. The SMILES string of the molecule is Cc1c(C(=O)Nc2cccc(-c3nc4cc(Cl)cc(Cl)c4o3)c2)cccc1[N+](=O)[O-]. The van der Waals surface area contributed by atoms with E-state index in [1.54, 1.807) is 36.4 Å². The van der Waals surface area contributed by atoms with Crippen LogP contribution in [0.2, 0.25) is 10.0 Å². The van der Waals surface area contributed by atoms with E-state index in [0.29, 0.717) is 43.9 Å². The van der Waals surface area contributed by atoms with Crippen molar-refractivity contribution >= 4 is 51.6 Å². The van der Waals surface area contributed by atoms with Crippen molar-refractivity contribution in [2.24, 2.45) is 0 Å². The summed E-state index contributed by atoms with van der Waals surface area (Å²) in [7, 11) is 0. The number of hydrogen-bond donors (Lipinski definition) is 1. The number of aromatic nitrogens is 1. The Hall–Kier alpha value is -3.42. The maximum Gasteiger partial charge on any atom is 0.273 e. The van der Waals surface area contributed by atoms with Crippen LogP contribution in [0.3, 0.4) is 0 Å². The molecule has 4 rings (SSSR count). The van der Waals surface area contributed by atoms with Crippen LogP contribution in [0.25, 0.3) is 22.6 Å². The molecule has 150 valence electrons. The van der Waals surface area contributed by atoms with E-state index >= 15 is 0 Å². The molecule has 0 saturated carbocycles. The fraction of sp³-hybridized carbons (Fsp3) is 0.0476. The number of carbonyl (C=O) groups is 1. The van der Waals surface area contributed by atoms with Gasteiger partial charge in [-0.1, -0.05) is 35.3 Å². The number of carbonyl (C=O) groups excluding carboxylic acids is 1. The number of nitro benzene ring substituents is 1. The van der Waals surface area contributed by atoms with Gasteiger partial charge in [0.1, 0.15) is 5.52 Å². The molecule has 9 heteroatoms. The lowest BCUT2D eigenvalue weighted by molar-refractivity contribution is -0.385. The molecular formula is C21H13Cl2N3O4. The van der Waals surface area contributed by atoms with Gasteiger partial charge >= 0.3 is 0 Å². The lowest BCUT2D eigenvalue weighted by atomic mass is 10.1. The molecule has 0 unspecified atom stereocenters. The second kappa shape index (κ2) is 7.78. The van der Waals surface area contributed by atoms with Gasteiger partial charge in [-0.15, -0.1) is 0 Å². The van der Waals surface area contributed by atoms with Crippen molar-refractivity contribution in [1.29, 1.82) is 0 Å². The maximum atomic E-state index is 12.7. The van der Waals surface area contributed by atoms with Crippen molar-refractivity contribution in [2.45, 2.75) is 6.92 Å². The highest BCUT2D eigenvalue weighted by molar-refractivity contribution is 6.38. The molecular weight excluding hydrogens is 429 g/mol. The summed E-state index contributed by atoms with van der Waals surface area (Å²) in [5, 5.41) is 14.7. The van der Waals surface area contributed by atoms with E-state index in [1.165, 1.54) is 25.1 Å². The summed E-state index contributed by atoms with van der Waals surface area (Å²) in [6.07, 6.45) is 0. The van der Waals surface area contributed by atoms with Crippen molar-refractivity contribution in [3.05, 3.63) is 85.9 Å². The summed E-state index contributed by atoms with van der Waals surface area (Å²) < 4.78 is 5.76. The highest BCUT2D eigenvalue weighted by atomic mass is 35.5. The Morgan fingerprint density at radius 1 is 1.13 bits per heavy atom. The summed E-state index contributed by atoms with van der Waals surface area (Å²) in [5.74, 6) is -0.141. The highest BCUT2D eigenvalue weighted by Crippen LogP contribution is 2.32. The van der Waals surface area contributed by atoms with E-state index in [9.17, 15) is 14.9 Å². The van der Waals surface area contributed by atoms with Crippen molar-refractivity contribution < 1.29 is 14.1 Å². The number of nitrogens with zero attached hydrogens (tertiary/aromatic N) is 2. The first kappa shape index (κ1) is 19.9. The molecule has 0 atom stereocenters. The monoisotopic (exact) mass is 441 g/mol. The molecule has 0 radical (unpaired) electrons. The zero-order chi connectivity index (χ0) is 21.4. The number of hydrogen-bond acceptors (Lipinski definition) is 5. The predicted molar refractivity (Wildman–Crippen MR) is 115 cm³/mol. The maximum absolute atomic E-state index is 12.7. The first-order valence-corrected chi connectivity index (χ1v) is 9.50. The van der Waals surface area contributed by atoms with Crippen LogP contribution >= 0.6 is 23.2 Å². The van der Waals surface area contributed by atoms with Gasteiger partial charge in [-0.3, -0.25) is 14.9 Å². The molecule has 0 aliphatic rings. The normalized spacial score (nSPS) is 10.9. The van der Waals surface area contributed by atoms with E-state index in [2.05, 4.69) is 10.3 Å². The van der Waals surface area contributed by atoms with Gasteiger partial charge in [0.05, 0.1) is 9.95 Å². The van der Waals surface area contributed by atoms with E-state index in [0.717, 1.165) is 0 Å². The zero-order valence-corrected chi connectivity index (χ0v) is 17.0. The molecule has 1 aromatic heterocycles. The molecule has 30 heavy (non-hydrogen) atoms. The third kappa shape index (κ3) is 3.72. The van der Waals surface area contributed by atoms with Crippen LogP contribution in [0.4, 0.5) is 11.4 Å². The summed E-state index contributed by atoms with van der Waals surface area (Å²) in [6.45, 7) is 1.54. The summed E-state index contributed by atoms with van der Waals surface area (Å²) in [5.41, 5.74) is 2.43. The van der Waals surface area contributed by atoms with Gasteiger partial charge in [-0.2, -0.15) is 0 Å². The van der Waals surface area contributed by atoms with Crippen molar-refractivity contribution in [3.63, 3.8) is 0 Å². The molecule has 0 aliphatic heterocycles. The average molecular weight is 442 g/mol. The van der Waals surface area contributed by atoms with Gasteiger partial charge in [-0.05, 0) is 43.3 Å². The number of halogens is 2. The Morgan fingerprint density at radius 2 is 1.90 bits per heavy atom. The Morgan fingerprint density at radius 3 is 2.67 bits per heavy atom. The number of nitrogens with one attached hydrogen (secondary N) is 1. The second-order valence-corrected chi connectivity index (χ2v) is 7.34. The van der Waals surface area contributed by atoms with Gasteiger partial charge in [-0.25, -0.2) is 4.98 Å². The van der Waals surface area contributed by atoms with Gasteiger partial charge in [0.15, 0.2) is 5.58 Å². The van der Waals surface area contributed by atoms with Crippen LogP contribution in [0.5, 0.6) is 0 Å². The van der Waals surface area contributed by atoms with Crippen molar-refractivity contribution in [1.82, 2.24) is 4.98 Å². The van der Waals surface area contributed by atoms with E-state index < -0.39 is 10.8 Å². The molecule has 0 aliphatic carbocycles. The van der Waals surface area contributed by atoms with Gasteiger partial charge in [0, 0.05) is 33.5 Å². The second-order valence-electron chi connectivity index (χ2n) is 6.50. The number of oxazole rings is 1. The van der Waals surface area contributed by atoms with Crippen molar-refractivity contribution in [2.75, 3.05) is 5.32 Å². The van der Waals surface area contributed by atoms with Crippen LogP contribution in [0.1, 0.15) is 15.9 Å². The third-order valence-electron chi connectivity index (χ3n) is 4.52. The van der Waals surface area contributed by atoms with Crippen LogP contribution in [0.15, 0.2) is 59.0 Å². The number of anilines is 1. The smallest absolute Gasteiger partial charge is 0.273 e. The number of rotatable bonds is 4. The molecule has 0 fully saturated rings. The van der Waals surface area contributed by atoms with Crippen molar-refractivity contribution in [3.8, 4) is 11.5 Å². The minimum Gasteiger partial charge on any atom is -0.435 e. The zero-order valence-electron chi connectivity index (χ0n) is 15.5. The molecule has 3 aromatic carbocycles. The van der Waals surface area contributed by atoms with Crippen LogP contribution in [0, 0.1) is 17.0 Å². The van der Waals surface area contributed by atoms with E-state index in [-0.39, 0.29) is 11.3 Å². The summed E-state index contributed by atoms with van der Waals surface area (Å²) >= 11 is 12.2. The summed E-state index contributed by atoms with van der Waals surface area (Å²) in [6, 6.07) is 14.5. The molecule has 4 aromatic rings. The van der Waals surface area contributed by atoms with E-state index in [1.807, 2.05) is 0 Å². The molecule has 1 amide bonds. The average Bonchev–Trinajstić information content (AvgIpc) is 3.12. The molecule has 0 spiro atoms. The summed E-state index contributed by atoms with van der Waals surface area (Å²) in [4.78, 5) is 27.7. The Labute approximate surface area is 180 Å². The topological polar surface area (TPSA) is 98.3 Å². The Kier molecular flexibility index (Phi) is 5.15. The minimum absolute atomic E-state index is 0.113. The predicted octanol–water partition coefficient (Wildman–Crippen LogP) is 6.27. The van der Waals surface area contributed by atoms with Gasteiger partial charge in [0.2, 0.25) is 5.89 Å². The molecule has 1 N–H and O–H groups in total. The van der Waals surface area contributed by atoms with Gasteiger partial charge < -0.3 is 9.73 Å².